The predicted octanol–water partition coefficient (Wildman–Crippen LogP) is 3.49. The first kappa shape index (κ1) is 16.2. The minimum absolute atomic E-state index is 0.167. The quantitative estimate of drug-likeness (QED) is 0.549. The SMILES string of the molecule is NNc1ncnc2c1cnn2C1CCC(Cc2ccc(Cl)c(F)c2)C1. The van der Waals surface area contributed by atoms with Crippen LogP contribution in [0.4, 0.5) is 10.2 Å². The van der Waals surface area contributed by atoms with Gasteiger partial charge in [0.15, 0.2) is 11.5 Å². The Morgan fingerprint density at radius 1 is 1.32 bits per heavy atom. The highest BCUT2D eigenvalue weighted by Gasteiger charge is 2.28. The van der Waals surface area contributed by atoms with Crippen LogP contribution in [0.25, 0.3) is 11.0 Å². The number of hydrogen-bond donors (Lipinski definition) is 2. The van der Waals surface area contributed by atoms with Crippen LogP contribution >= 0.6 is 11.6 Å². The van der Waals surface area contributed by atoms with E-state index in [1.165, 1.54) is 12.4 Å². The third kappa shape index (κ3) is 3.05. The summed E-state index contributed by atoms with van der Waals surface area (Å²) in [6.07, 6.45) is 7.14. The molecule has 1 saturated carbocycles. The van der Waals surface area contributed by atoms with Crippen molar-refractivity contribution in [2.45, 2.75) is 31.7 Å². The third-order valence-corrected chi connectivity index (χ3v) is 5.20. The van der Waals surface area contributed by atoms with Gasteiger partial charge in [0.2, 0.25) is 0 Å². The van der Waals surface area contributed by atoms with Gasteiger partial charge in [-0.05, 0) is 49.3 Å². The molecule has 130 valence electrons. The van der Waals surface area contributed by atoms with E-state index in [1.54, 1.807) is 12.3 Å². The summed E-state index contributed by atoms with van der Waals surface area (Å²) in [5, 5.41) is 5.47. The first-order valence-electron chi connectivity index (χ1n) is 8.24. The molecule has 0 aliphatic heterocycles. The van der Waals surface area contributed by atoms with Crippen LogP contribution in [0.2, 0.25) is 5.02 Å². The van der Waals surface area contributed by atoms with E-state index >= 15 is 0 Å². The van der Waals surface area contributed by atoms with E-state index in [2.05, 4.69) is 20.5 Å². The lowest BCUT2D eigenvalue weighted by molar-refractivity contribution is 0.448. The van der Waals surface area contributed by atoms with Crippen molar-refractivity contribution >= 4 is 28.5 Å². The second-order valence-corrected chi connectivity index (χ2v) is 6.89. The van der Waals surface area contributed by atoms with Crippen LogP contribution in [0.3, 0.4) is 0 Å². The number of rotatable bonds is 4. The molecule has 0 bridgehead atoms. The zero-order valence-corrected chi connectivity index (χ0v) is 14.2. The van der Waals surface area contributed by atoms with Crippen LogP contribution in [0.5, 0.6) is 0 Å². The minimum Gasteiger partial charge on any atom is -0.308 e. The van der Waals surface area contributed by atoms with E-state index in [0.29, 0.717) is 11.7 Å². The van der Waals surface area contributed by atoms with Gasteiger partial charge in [0, 0.05) is 0 Å². The van der Waals surface area contributed by atoms with Crippen molar-refractivity contribution < 1.29 is 4.39 Å². The molecule has 2 aromatic heterocycles. The van der Waals surface area contributed by atoms with Gasteiger partial charge in [-0.15, -0.1) is 0 Å². The summed E-state index contributed by atoms with van der Waals surface area (Å²) < 4.78 is 15.6. The molecule has 2 atom stereocenters. The van der Waals surface area contributed by atoms with E-state index in [4.69, 9.17) is 17.4 Å². The summed E-state index contributed by atoms with van der Waals surface area (Å²) >= 11 is 5.76. The Hall–Kier alpha value is -2.25. The maximum atomic E-state index is 13.6. The van der Waals surface area contributed by atoms with E-state index < -0.39 is 0 Å². The highest BCUT2D eigenvalue weighted by Crippen LogP contribution is 2.38. The molecule has 25 heavy (non-hydrogen) atoms. The largest absolute Gasteiger partial charge is 0.308 e. The zero-order valence-electron chi connectivity index (χ0n) is 13.5. The van der Waals surface area contributed by atoms with Gasteiger partial charge >= 0.3 is 0 Å². The Bertz CT molecular complexity index is 911. The molecule has 0 saturated heterocycles. The van der Waals surface area contributed by atoms with Crippen LogP contribution in [-0.4, -0.2) is 19.7 Å². The first-order valence-corrected chi connectivity index (χ1v) is 8.62. The summed E-state index contributed by atoms with van der Waals surface area (Å²) in [6, 6.07) is 5.33. The Balaban J connectivity index is 1.52. The molecule has 3 aromatic rings. The van der Waals surface area contributed by atoms with Gasteiger partial charge in [0.05, 0.1) is 22.6 Å². The summed E-state index contributed by atoms with van der Waals surface area (Å²) in [5.74, 6) is 6.19. The fraction of sp³-hybridized carbons (Fsp3) is 0.353. The standard InChI is InChI=1S/C17H18ClFN6/c18-14-4-2-11(7-15(14)19)5-10-1-3-12(6-10)25-17-13(8-23-25)16(24-20)21-9-22-17/h2,4,7-10,12H,1,3,5-6,20H2,(H,21,22,24). The van der Waals surface area contributed by atoms with Gasteiger partial charge in [-0.2, -0.15) is 5.10 Å². The van der Waals surface area contributed by atoms with E-state index in [9.17, 15) is 4.39 Å². The van der Waals surface area contributed by atoms with Gasteiger partial charge in [0.1, 0.15) is 12.1 Å². The van der Waals surface area contributed by atoms with Crippen molar-refractivity contribution in [2.24, 2.45) is 11.8 Å². The number of anilines is 1. The van der Waals surface area contributed by atoms with E-state index in [1.807, 2.05) is 10.7 Å². The Labute approximate surface area is 149 Å². The Morgan fingerprint density at radius 3 is 3.00 bits per heavy atom. The molecular weight excluding hydrogens is 343 g/mol. The number of nitrogens with one attached hydrogen (secondary N) is 1. The fourth-order valence-electron chi connectivity index (χ4n) is 3.70. The molecule has 2 unspecified atom stereocenters. The maximum absolute atomic E-state index is 13.6. The van der Waals surface area contributed by atoms with Crippen molar-refractivity contribution in [3.63, 3.8) is 0 Å². The predicted molar refractivity (Wildman–Crippen MR) is 94.6 cm³/mol. The smallest absolute Gasteiger partial charge is 0.163 e. The number of fused-ring (bicyclic) bond motifs is 1. The van der Waals surface area contributed by atoms with Crippen LogP contribution in [-0.2, 0) is 6.42 Å². The molecule has 0 spiro atoms. The number of aromatic nitrogens is 4. The lowest BCUT2D eigenvalue weighted by Crippen LogP contribution is -2.11. The highest BCUT2D eigenvalue weighted by atomic mass is 35.5. The van der Waals surface area contributed by atoms with Crippen molar-refractivity contribution in [3.8, 4) is 0 Å². The molecule has 1 fully saturated rings. The Kier molecular flexibility index (Phi) is 4.27. The summed E-state index contributed by atoms with van der Waals surface area (Å²) in [5.41, 5.74) is 4.34. The zero-order chi connectivity index (χ0) is 17.4. The van der Waals surface area contributed by atoms with Crippen LogP contribution < -0.4 is 11.3 Å². The molecule has 6 nitrogen and oxygen atoms in total. The van der Waals surface area contributed by atoms with Crippen molar-refractivity contribution in [1.29, 1.82) is 0 Å². The molecule has 2 heterocycles. The third-order valence-electron chi connectivity index (χ3n) is 4.90. The molecule has 8 heteroatoms. The van der Waals surface area contributed by atoms with Gasteiger partial charge in [-0.1, -0.05) is 17.7 Å². The summed E-state index contributed by atoms with van der Waals surface area (Å²) in [7, 11) is 0. The van der Waals surface area contributed by atoms with Crippen LogP contribution in [0.15, 0.2) is 30.7 Å². The number of hydrogen-bond acceptors (Lipinski definition) is 5. The van der Waals surface area contributed by atoms with Crippen LogP contribution in [0.1, 0.15) is 30.9 Å². The average molecular weight is 361 g/mol. The minimum atomic E-state index is -0.356. The number of benzene rings is 1. The fourth-order valence-corrected chi connectivity index (χ4v) is 3.82. The Morgan fingerprint density at radius 2 is 2.20 bits per heavy atom. The van der Waals surface area contributed by atoms with Crippen molar-refractivity contribution in [3.05, 3.63) is 47.1 Å². The molecule has 3 N–H and O–H groups in total. The second kappa shape index (κ2) is 6.57. The molecule has 0 radical (unpaired) electrons. The monoisotopic (exact) mass is 360 g/mol. The van der Waals surface area contributed by atoms with Crippen molar-refractivity contribution in [2.75, 3.05) is 5.43 Å². The van der Waals surface area contributed by atoms with Gasteiger partial charge in [-0.25, -0.2) is 24.9 Å². The number of nitrogens with zero attached hydrogens (tertiary/aromatic N) is 4. The highest BCUT2D eigenvalue weighted by molar-refractivity contribution is 6.30. The molecule has 0 amide bonds. The summed E-state index contributed by atoms with van der Waals surface area (Å²) in [4.78, 5) is 8.46. The number of hydrazine groups is 1. The van der Waals surface area contributed by atoms with E-state index in [-0.39, 0.29) is 16.9 Å². The van der Waals surface area contributed by atoms with Crippen LogP contribution in [0, 0.1) is 11.7 Å². The first-order chi connectivity index (χ1) is 12.2. The van der Waals surface area contributed by atoms with E-state index in [0.717, 1.165) is 42.3 Å². The molecule has 4 rings (SSSR count). The molecule has 1 aromatic carbocycles. The van der Waals surface area contributed by atoms with Gasteiger partial charge in [-0.3, -0.25) is 0 Å². The number of nitrogens with two attached hydrogens (primary N) is 1. The lowest BCUT2D eigenvalue weighted by Gasteiger charge is -2.13. The van der Waals surface area contributed by atoms with Crippen molar-refractivity contribution in [1.82, 2.24) is 19.7 Å². The molecule has 1 aliphatic rings. The maximum Gasteiger partial charge on any atom is 0.163 e. The van der Waals surface area contributed by atoms with Gasteiger partial charge in [0.25, 0.3) is 0 Å². The number of nitrogen functional groups attached to an aromatic ring is 1. The lowest BCUT2D eigenvalue weighted by atomic mass is 9.98. The van der Waals surface area contributed by atoms with Gasteiger partial charge < -0.3 is 5.43 Å². The molecule has 1 aliphatic carbocycles. The average Bonchev–Trinajstić information content (AvgIpc) is 3.24. The normalized spacial score (nSPS) is 20.3. The topological polar surface area (TPSA) is 81.7 Å². The summed E-state index contributed by atoms with van der Waals surface area (Å²) in [6.45, 7) is 0. The second-order valence-electron chi connectivity index (χ2n) is 6.48. The molecular formula is C17H18ClFN6. The number of halogens is 2.